The first-order valence-corrected chi connectivity index (χ1v) is 9.51. The van der Waals surface area contributed by atoms with Crippen LogP contribution in [0.25, 0.3) is 21.6 Å². The van der Waals surface area contributed by atoms with Crippen LogP contribution in [-0.2, 0) is 19.5 Å². The third-order valence-corrected chi connectivity index (χ3v) is 5.76. The number of hydrogen-bond acceptors (Lipinski definition) is 4. The molecule has 6 heteroatoms. The molecule has 130 valence electrons. The van der Waals surface area contributed by atoms with Gasteiger partial charge in [-0.15, -0.1) is 11.3 Å². The molecule has 0 aliphatic carbocycles. The van der Waals surface area contributed by atoms with E-state index in [-0.39, 0.29) is 5.82 Å². The topological polar surface area (TPSA) is 44.8 Å². The Hall–Kier alpha value is -2.57. The molecule has 0 radical (unpaired) electrons. The van der Waals surface area contributed by atoms with E-state index in [1.165, 1.54) is 17.2 Å². The zero-order valence-corrected chi connectivity index (χ0v) is 14.9. The van der Waals surface area contributed by atoms with E-state index in [0.29, 0.717) is 0 Å². The molecule has 1 aliphatic rings. The van der Waals surface area contributed by atoms with Gasteiger partial charge in [-0.3, -0.25) is 4.90 Å². The maximum atomic E-state index is 13.4. The largest absolute Gasteiger partial charge is 0.361 e. The van der Waals surface area contributed by atoms with Crippen molar-refractivity contribution in [3.8, 4) is 10.7 Å². The minimum Gasteiger partial charge on any atom is -0.361 e. The lowest BCUT2D eigenvalue weighted by Crippen LogP contribution is -2.31. The Labute approximate surface area is 154 Å². The van der Waals surface area contributed by atoms with Crippen LogP contribution in [0, 0.1) is 5.82 Å². The van der Waals surface area contributed by atoms with E-state index in [1.807, 2.05) is 29.9 Å². The summed E-state index contributed by atoms with van der Waals surface area (Å²) < 4.78 is 13.4. The zero-order valence-electron chi connectivity index (χ0n) is 14.1. The number of aromatic nitrogens is 3. The smallest absolute Gasteiger partial charge is 0.169 e. The molecule has 1 N–H and O–H groups in total. The highest BCUT2D eigenvalue weighted by Gasteiger charge is 2.20. The van der Waals surface area contributed by atoms with Crippen LogP contribution in [0.5, 0.6) is 0 Å². The van der Waals surface area contributed by atoms with Crippen molar-refractivity contribution in [1.29, 1.82) is 0 Å². The van der Waals surface area contributed by atoms with Gasteiger partial charge in [-0.1, -0.05) is 6.07 Å². The minimum atomic E-state index is -0.212. The molecule has 0 atom stereocenters. The number of H-pyrrole nitrogens is 1. The summed E-state index contributed by atoms with van der Waals surface area (Å²) in [4.78, 5) is 16.0. The van der Waals surface area contributed by atoms with Crippen molar-refractivity contribution >= 4 is 22.2 Å². The van der Waals surface area contributed by atoms with Crippen LogP contribution >= 0.6 is 11.3 Å². The van der Waals surface area contributed by atoms with Gasteiger partial charge in [0.2, 0.25) is 0 Å². The predicted octanol–water partition coefficient (Wildman–Crippen LogP) is 4.38. The molecular formula is C20H17FN4S. The van der Waals surface area contributed by atoms with Crippen molar-refractivity contribution in [1.82, 2.24) is 19.9 Å². The average Bonchev–Trinajstić information content (AvgIpc) is 3.31. The third kappa shape index (κ3) is 2.81. The molecule has 0 fully saturated rings. The summed E-state index contributed by atoms with van der Waals surface area (Å²) in [6.45, 7) is 2.61. The Kier molecular flexibility index (Phi) is 3.80. The van der Waals surface area contributed by atoms with Crippen LogP contribution in [0.1, 0.15) is 16.8 Å². The number of nitrogens with one attached hydrogen (secondary N) is 1. The second kappa shape index (κ2) is 6.30. The Balaban J connectivity index is 1.40. The number of fused-ring (bicyclic) bond motifs is 2. The molecule has 1 aromatic carbocycles. The first kappa shape index (κ1) is 15.7. The minimum absolute atomic E-state index is 0.212. The molecule has 4 nitrogen and oxygen atoms in total. The average molecular weight is 364 g/mol. The molecule has 4 heterocycles. The lowest BCUT2D eigenvalue weighted by molar-refractivity contribution is 0.242. The molecule has 0 saturated carbocycles. The van der Waals surface area contributed by atoms with Crippen molar-refractivity contribution in [3.63, 3.8) is 0 Å². The van der Waals surface area contributed by atoms with Crippen molar-refractivity contribution in [2.45, 2.75) is 19.5 Å². The van der Waals surface area contributed by atoms with Crippen LogP contribution in [0.3, 0.4) is 0 Å². The maximum Gasteiger partial charge on any atom is 0.169 e. The van der Waals surface area contributed by atoms with Gasteiger partial charge < -0.3 is 4.98 Å². The molecule has 1 aliphatic heterocycles. The van der Waals surface area contributed by atoms with Crippen LogP contribution in [0.2, 0.25) is 0 Å². The van der Waals surface area contributed by atoms with E-state index >= 15 is 0 Å². The molecule has 4 aromatic rings. The highest BCUT2D eigenvalue weighted by atomic mass is 32.1. The van der Waals surface area contributed by atoms with Gasteiger partial charge in [0.05, 0.1) is 10.6 Å². The summed E-state index contributed by atoms with van der Waals surface area (Å²) >= 11 is 1.66. The second-order valence-corrected chi connectivity index (χ2v) is 7.56. The molecule has 0 unspecified atom stereocenters. The number of benzene rings is 1. The van der Waals surface area contributed by atoms with Crippen molar-refractivity contribution < 1.29 is 4.39 Å². The fourth-order valence-corrected chi connectivity index (χ4v) is 4.21. The molecule has 0 saturated heterocycles. The predicted molar refractivity (Wildman–Crippen MR) is 101 cm³/mol. The van der Waals surface area contributed by atoms with Crippen molar-refractivity contribution in [3.05, 3.63) is 70.7 Å². The van der Waals surface area contributed by atoms with E-state index < -0.39 is 0 Å². The summed E-state index contributed by atoms with van der Waals surface area (Å²) in [7, 11) is 0. The number of hydrogen-bond donors (Lipinski definition) is 1. The highest BCUT2D eigenvalue weighted by Crippen LogP contribution is 2.26. The normalized spacial score (nSPS) is 14.7. The summed E-state index contributed by atoms with van der Waals surface area (Å²) in [5.74, 6) is 0.596. The Bertz CT molecular complexity index is 1070. The summed E-state index contributed by atoms with van der Waals surface area (Å²) in [6.07, 6.45) is 4.91. The standard InChI is InChI=1S/C20H17FN4S/c21-15-3-4-16-14(10-22-17(16)8-15)11-25-6-5-13-9-23-20(24-18(13)12-25)19-2-1-7-26-19/h1-4,7-10,22H,5-6,11-12H2. The fourth-order valence-electron chi connectivity index (χ4n) is 3.55. The lowest BCUT2D eigenvalue weighted by atomic mass is 10.1. The van der Waals surface area contributed by atoms with Crippen LogP contribution in [0.4, 0.5) is 4.39 Å². The highest BCUT2D eigenvalue weighted by molar-refractivity contribution is 7.13. The summed E-state index contributed by atoms with van der Waals surface area (Å²) in [5.41, 5.74) is 4.39. The maximum absolute atomic E-state index is 13.4. The van der Waals surface area contributed by atoms with E-state index in [1.54, 1.807) is 17.4 Å². The molecule has 5 rings (SSSR count). The van der Waals surface area contributed by atoms with Gasteiger partial charge in [0.25, 0.3) is 0 Å². The van der Waals surface area contributed by atoms with Crippen LogP contribution < -0.4 is 0 Å². The van der Waals surface area contributed by atoms with Gasteiger partial charge in [-0.25, -0.2) is 14.4 Å². The van der Waals surface area contributed by atoms with Gasteiger partial charge in [0.1, 0.15) is 5.82 Å². The quantitative estimate of drug-likeness (QED) is 0.587. The molecule has 3 aromatic heterocycles. The molecule has 26 heavy (non-hydrogen) atoms. The first-order valence-electron chi connectivity index (χ1n) is 8.63. The van der Waals surface area contributed by atoms with Crippen LogP contribution in [0.15, 0.2) is 48.1 Å². The number of aromatic amines is 1. The molecule has 0 amide bonds. The van der Waals surface area contributed by atoms with E-state index in [4.69, 9.17) is 4.98 Å². The number of nitrogens with zero attached hydrogens (tertiary/aromatic N) is 3. The monoisotopic (exact) mass is 364 g/mol. The fraction of sp³-hybridized carbons (Fsp3) is 0.200. The van der Waals surface area contributed by atoms with Gasteiger partial charge in [-0.2, -0.15) is 0 Å². The van der Waals surface area contributed by atoms with E-state index in [0.717, 1.165) is 53.4 Å². The van der Waals surface area contributed by atoms with Crippen molar-refractivity contribution in [2.75, 3.05) is 6.54 Å². The Morgan fingerprint density at radius 3 is 3.12 bits per heavy atom. The van der Waals surface area contributed by atoms with Gasteiger partial charge in [0, 0.05) is 42.9 Å². The van der Waals surface area contributed by atoms with Gasteiger partial charge in [-0.05, 0) is 47.2 Å². The zero-order chi connectivity index (χ0) is 17.5. The molecule has 0 bridgehead atoms. The third-order valence-electron chi connectivity index (χ3n) is 4.89. The van der Waals surface area contributed by atoms with E-state index in [2.05, 4.69) is 20.9 Å². The molecule has 0 spiro atoms. The number of halogens is 1. The number of thiophene rings is 1. The van der Waals surface area contributed by atoms with Gasteiger partial charge in [0.15, 0.2) is 5.82 Å². The molecular weight excluding hydrogens is 347 g/mol. The number of rotatable bonds is 3. The first-order chi connectivity index (χ1) is 12.8. The lowest BCUT2D eigenvalue weighted by Gasteiger charge is -2.27. The van der Waals surface area contributed by atoms with Gasteiger partial charge >= 0.3 is 0 Å². The Morgan fingerprint density at radius 2 is 2.23 bits per heavy atom. The SMILES string of the molecule is Fc1ccc2c(CN3CCc4cnc(-c5cccs5)nc4C3)c[nH]c2c1. The van der Waals surface area contributed by atoms with E-state index in [9.17, 15) is 4.39 Å². The van der Waals surface area contributed by atoms with Crippen molar-refractivity contribution in [2.24, 2.45) is 0 Å². The summed E-state index contributed by atoms with van der Waals surface area (Å²) in [6, 6.07) is 9.00. The van der Waals surface area contributed by atoms with Crippen LogP contribution in [-0.4, -0.2) is 26.4 Å². The second-order valence-electron chi connectivity index (χ2n) is 6.61. The Morgan fingerprint density at radius 1 is 1.27 bits per heavy atom. The summed E-state index contributed by atoms with van der Waals surface area (Å²) in [5, 5.41) is 3.13.